The van der Waals surface area contributed by atoms with Gasteiger partial charge in [-0.3, -0.25) is 14.5 Å². The van der Waals surface area contributed by atoms with Gasteiger partial charge in [0.15, 0.2) is 5.82 Å². The minimum atomic E-state index is -1.43. The number of hydrogen-bond donors (Lipinski definition) is 2. The van der Waals surface area contributed by atoms with Crippen molar-refractivity contribution in [1.29, 1.82) is 5.26 Å². The Morgan fingerprint density at radius 2 is 1.81 bits per heavy atom. The third kappa shape index (κ3) is 9.82. The van der Waals surface area contributed by atoms with E-state index in [9.17, 15) is 23.9 Å². The predicted molar refractivity (Wildman–Crippen MR) is 205 cm³/mol. The van der Waals surface area contributed by atoms with Gasteiger partial charge in [-0.15, -0.1) is 0 Å². The molecule has 5 rings (SSSR count). The molecule has 282 valence electrons. The number of urea groups is 1. The predicted octanol–water partition coefficient (Wildman–Crippen LogP) is 4.81. The lowest BCUT2D eigenvalue weighted by Crippen LogP contribution is -2.46. The van der Waals surface area contributed by atoms with Crippen LogP contribution in [0, 0.1) is 23.2 Å². The summed E-state index contributed by atoms with van der Waals surface area (Å²) in [4.78, 5) is 40.3. The molecule has 0 saturated carbocycles. The van der Waals surface area contributed by atoms with Gasteiger partial charge >= 0.3 is 12.1 Å². The number of alkyl carbamates (subject to hydrolysis) is 1. The number of aromatic nitrogens is 2. The van der Waals surface area contributed by atoms with Crippen molar-refractivity contribution >= 4 is 46.1 Å². The summed E-state index contributed by atoms with van der Waals surface area (Å²) in [6, 6.07) is 13.3. The summed E-state index contributed by atoms with van der Waals surface area (Å²) in [7, 11) is 2.00. The zero-order chi connectivity index (χ0) is 38.3. The number of carbonyl (C=O) groups excluding carboxylic acids is 3. The summed E-state index contributed by atoms with van der Waals surface area (Å²) >= 11 is 0. The van der Waals surface area contributed by atoms with Gasteiger partial charge in [0.25, 0.3) is 0 Å². The maximum absolute atomic E-state index is 13.6. The van der Waals surface area contributed by atoms with Gasteiger partial charge < -0.3 is 20.2 Å². The molecule has 3 amide bonds. The molecule has 0 spiro atoms. The number of nitrogens with zero attached hydrogens (tertiary/aromatic N) is 6. The Balaban J connectivity index is 1.19. The number of anilines is 1. The Hall–Kier alpha value is -4.76. The molecule has 1 aromatic heterocycles. The van der Waals surface area contributed by atoms with Gasteiger partial charge in [-0.2, -0.15) is 10.4 Å². The molecule has 3 aromatic rings. The molecule has 0 radical (unpaired) electrons. The van der Waals surface area contributed by atoms with Gasteiger partial charge in [0, 0.05) is 57.1 Å². The van der Waals surface area contributed by atoms with Crippen LogP contribution < -0.4 is 15.5 Å². The second-order valence-electron chi connectivity index (χ2n) is 14.6. The minimum absolute atomic E-state index is 0.0432. The van der Waals surface area contributed by atoms with Crippen LogP contribution in [-0.4, -0.2) is 99.1 Å². The SMILES string of the molecule is CNC(=O)N(CCC=O)c1nn(C)c2cc(C3CCN(C(C)C#Cc4cc(S(=O)N5CCC(NC(=O)OC(C)(C)C)CC5)ccc4C#N)CC3)ccc12. The Bertz CT molecular complexity index is 1940. The van der Waals surface area contributed by atoms with Crippen molar-refractivity contribution in [2.45, 2.75) is 88.3 Å². The van der Waals surface area contributed by atoms with Crippen molar-refractivity contribution in [1.82, 2.24) is 29.6 Å². The smallest absolute Gasteiger partial charge is 0.407 e. The standard InChI is InChI=1S/C39H50N8O5S/c1-27(8-9-29-24-33(12-10-31(29)26-40)53(51)46-21-16-32(17-22-46)42-38(50)52-39(2,3)4)45-19-14-28(15-20-45)30-11-13-34-35(25-30)44(6)43-36(34)47(18-7-23-48)37(49)41-5/h10-13,23-25,27-28,32H,7,14-22H2,1-6H3,(H,41,49)(H,42,50). The van der Waals surface area contributed by atoms with E-state index in [1.54, 1.807) is 29.9 Å². The summed E-state index contributed by atoms with van der Waals surface area (Å²) in [5.41, 5.74) is 2.58. The molecule has 2 aliphatic rings. The second-order valence-corrected chi connectivity index (χ2v) is 16.0. The normalized spacial score (nSPS) is 17.2. The Morgan fingerprint density at radius 3 is 2.45 bits per heavy atom. The lowest BCUT2D eigenvalue weighted by Gasteiger charge is -2.34. The second kappa shape index (κ2) is 17.4. The Morgan fingerprint density at radius 1 is 1.09 bits per heavy atom. The number of nitriles is 1. The van der Waals surface area contributed by atoms with E-state index >= 15 is 0 Å². The summed E-state index contributed by atoms with van der Waals surface area (Å²) in [6.07, 6.45) is 3.79. The summed E-state index contributed by atoms with van der Waals surface area (Å²) in [5.74, 6) is 7.46. The van der Waals surface area contributed by atoms with Crippen LogP contribution >= 0.6 is 0 Å². The van der Waals surface area contributed by atoms with Crippen LogP contribution in [0.3, 0.4) is 0 Å². The number of amides is 3. The first kappa shape index (κ1) is 39.4. The quantitative estimate of drug-likeness (QED) is 0.234. The molecule has 53 heavy (non-hydrogen) atoms. The van der Waals surface area contributed by atoms with E-state index < -0.39 is 22.7 Å². The highest BCUT2D eigenvalue weighted by Crippen LogP contribution is 2.34. The molecule has 2 fully saturated rings. The van der Waals surface area contributed by atoms with Crippen LogP contribution in [-0.2, 0) is 27.6 Å². The number of fused-ring (bicyclic) bond motifs is 1. The van der Waals surface area contributed by atoms with Crippen molar-refractivity contribution in [2.75, 3.05) is 44.7 Å². The lowest BCUT2D eigenvalue weighted by atomic mass is 9.88. The van der Waals surface area contributed by atoms with Gasteiger partial charge in [0.2, 0.25) is 0 Å². The largest absolute Gasteiger partial charge is 0.444 e. The first-order valence-electron chi connectivity index (χ1n) is 18.2. The highest BCUT2D eigenvalue weighted by Gasteiger charge is 2.28. The maximum atomic E-state index is 13.6. The monoisotopic (exact) mass is 742 g/mol. The van der Waals surface area contributed by atoms with Gasteiger partial charge in [-0.05, 0) is 108 Å². The van der Waals surface area contributed by atoms with Crippen molar-refractivity contribution in [3.8, 4) is 17.9 Å². The Labute approximate surface area is 314 Å². The molecule has 2 aliphatic heterocycles. The first-order valence-corrected chi connectivity index (χ1v) is 19.3. The number of rotatable bonds is 9. The molecule has 3 heterocycles. The van der Waals surface area contributed by atoms with E-state index in [0.29, 0.717) is 53.7 Å². The van der Waals surface area contributed by atoms with Crippen LogP contribution in [0.4, 0.5) is 15.4 Å². The van der Waals surface area contributed by atoms with Crippen LogP contribution in [0.1, 0.15) is 82.4 Å². The van der Waals surface area contributed by atoms with Crippen LogP contribution in [0.15, 0.2) is 41.3 Å². The van der Waals surface area contributed by atoms with E-state index in [1.165, 1.54) is 10.5 Å². The highest BCUT2D eigenvalue weighted by atomic mass is 32.2. The summed E-state index contributed by atoms with van der Waals surface area (Å²) in [6.45, 7) is 10.6. The third-order valence-corrected chi connectivity index (χ3v) is 11.2. The van der Waals surface area contributed by atoms with Crippen molar-refractivity contribution in [3.63, 3.8) is 0 Å². The number of carbonyl (C=O) groups is 3. The van der Waals surface area contributed by atoms with Crippen LogP contribution in [0.5, 0.6) is 0 Å². The van der Waals surface area contributed by atoms with Gasteiger partial charge in [0.1, 0.15) is 28.9 Å². The molecule has 2 saturated heterocycles. The zero-order valence-electron chi connectivity index (χ0n) is 31.5. The molecule has 2 atom stereocenters. The first-order chi connectivity index (χ1) is 25.3. The van der Waals surface area contributed by atoms with Gasteiger partial charge in [0.05, 0.1) is 22.0 Å². The molecule has 14 heteroatoms. The summed E-state index contributed by atoms with van der Waals surface area (Å²) < 4.78 is 22.6. The number of hydrogen-bond acceptors (Lipinski definition) is 8. The van der Waals surface area contributed by atoms with E-state index in [0.717, 1.165) is 43.1 Å². The molecule has 2 unspecified atom stereocenters. The van der Waals surface area contributed by atoms with Crippen molar-refractivity contribution in [2.24, 2.45) is 7.05 Å². The molecular formula is C39H50N8O5S. The Kier molecular flexibility index (Phi) is 12.9. The van der Waals surface area contributed by atoms with E-state index in [2.05, 4.69) is 57.6 Å². The number of likely N-dealkylation sites (tertiary alicyclic amines) is 1. The van der Waals surface area contributed by atoms with E-state index in [-0.39, 0.29) is 31.1 Å². The average molecular weight is 743 g/mol. The molecular weight excluding hydrogens is 693 g/mol. The third-order valence-electron chi connectivity index (χ3n) is 9.73. The van der Waals surface area contributed by atoms with Crippen molar-refractivity contribution < 1.29 is 23.3 Å². The topological polar surface area (TPSA) is 153 Å². The van der Waals surface area contributed by atoms with Gasteiger partial charge in [-0.25, -0.2) is 18.1 Å². The number of benzene rings is 2. The lowest BCUT2D eigenvalue weighted by molar-refractivity contribution is -0.107. The van der Waals surface area contributed by atoms with Gasteiger partial charge in [-0.1, -0.05) is 17.9 Å². The zero-order valence-corrected chi connectivity index (χ0v) is 32.3. The number of piperidine rings is 2. The highest BCUT2D eigenvalue weighted by molar-refractivity contribution is 7.82. The summed E-state index contributed by atoms with van der Waals surface area (Å²) in [5, 5.41) is 20.9. The fourth-order valence-electron chi connectivity index (χ4n) is 6.84. The molecule has 13 nitrogen and oxygen atoms in total. The van der Waals surface area contributed by atoms with Crippen LogP contribution in [0.2, 0.25) is 0 Å². The van der Waals surface area contributed by atoms with E-state index in [4.69, 9.17) is 4.74 Å². The maximum Gasteiger partial charge on any atom is 0.407 e. The number of ether oxygens (including phenoxy) is 1. The average Bonchev–Trinajstić information content (AvgIpc) is 3.47. The van der Waals surface area contributed by atoms with E-state index in [1.807, 2.05) is 38.2 Å². The molecule has 2 N–H and O–H groups in total. The number of nitrogens with one attached hydrogen (secondary N) is 2. The molecule has 2 aromatic carbocycles. The molecule has 0 bridgehead atoms. The molecule has 0 aliphatic carbocycles. The fraction of sp³-hybridized carbons (Fsp3) is 0.513. The number of aldehydes is 1. The number of aryl methyl sites for hydroxylation is 1. The minimum Gasteiger partial charge on any atom is -0.444 e. The van der Waals surface area contributed by atoms with Crippen LogP contribution in [0.25, 0.3) is 10.9 Å². The van der Waals surface area contributed by atoms with Crippen molar-refractivity contribution in [3.05, 3.63) is 53.1 Å². The fourth-order valence-corrected chi connectivity index (χ4v) is 8.09.